The first kappa shape index (κ1) is 57.1. The highest BCUT2D eigenvalue weighted by atomic mass is 16.4. The van der Waals surface area contributed by atoms with Gasteiger partial charge in [-0.25, -0.2) is 4.79 Å². The van der Waals surface area contributed by atoms with E-state index < -0.39 is 77.7 Å². The molecule has 0 aliphatic rings. The van der Waals surface area contributed by atoms with E-state index in [0.717, 1.165) is 73.1 Å². The number of benzene rings is 3. The topological polar surface area (TPSA) is 289 Å². The minimum atomic E-state index is -1.34. The third-order valence-electron chi connectivity index (χ3n) is 12.0. The Morgan fingerprint density at radius 1 is 0.609 bits per heavy atom. The summed E-state index contributed by atoms with van der Waals surface area (Å²) in [4.78, 5) is 101. The number of carboxylic acid groups (broad SMARTS) is 1. The van der Waals surface area contributed by atoms with Crippen LogP contribution in [0.5, 0.6) is 0 Å². The lowest BCUT2D eigenvalue weighted by molar-refractivity contribution is -0.142. The van der Waals surface area contributed by atoms with Crippen molar-refractivity contribution in [2.24, 2.45) is 17.4 Å². The number of aliphatic hydroxyl groups is 1. The predicted molar refractivity (Wildman–Crippen MR) is 264 cm³/mol. The number of aliphatic hydroxyl groups excluding tert-OH is 1. The molecule has 3 aromatic carbocycles. The first-order chi connectivity index (χ1) is 33.0. The Kier molecular flexibility index (Phi) is 25.7. The molecule has 17 nitrogen and oxygen atoms in total. The van der Waals surface area contributed by atoms with Crippen molar-refractivity contribution >= 4 is 58.5 Å². The van der Waals surface area contributed by atoms with Crippen LogP contribution in [0.1, 0.15) is 128 Å². The van der Waals surface area contributed by atoms with Crippen LogP contribution in [0, 0.1) is 5.92 Å². The number of carbonyl (C=O) groups excluding carboxylic acids is 7. The number of fused-ring (bicyclic) bond motifs is 1. The summed E-state index contributed by atoms with van der Waals surface area (Å²) in [5.41, 5.74) is 12.7. The summed E-state index contributed by atoms with van der Waals surface area (Å²) in [6.45, 7) is 5.10. The van der Waals surface area contributed by atoms with E-state index in [1.807, 2.05) is 62.4 Å². The zero-order chi connectivity index (χ0) is 50.7. The largest absolute Gasteiger partial charge is 0.480 e. The molecule has 0 fully saturated rings. The molecule has 0 aliphatic carbocycles. The van der Waals surface area contributed by atoms with Gasteiger partial charge < -0.3 is 53.1 Å². The predicted octanol–water partition coefficient (Wildman–Crippen LogP) is 4.03. The second-order valence-corrected chi connectivity index (χ2v) is 18.5. The standard InChI is InChI=1S/C52H75N7O10/c1-34(2)29-42(49(65)56-41(48(54)64)31-36-19-11-10-12-20-36)57-51(67)47(35(3)61)59-46(63)25-15-8-4-6-13-23-40(24-14-7-5-9-18-28-60)55-43(33-45(53)62)50(66)58-44(52(68)69)32-37-26-27-38-21-16-17-22-39(38)30-37/h10-12,16-17,19-22,26-28,30,34-35,40-44,47,55,61H,4-9,13-15,18,23-25,29,31-33H2,1-3H3,(H2,53,62)(H2,54,64)(H,56,65)(H,57,67)(H,58,66)(H,59,63)(H,68,69)/t35-,40?,41-,42-,43-,44-,47-/m0/s1. The van der Waals surface area contributed by atoms with Gasteiger partial charge in [0.2, 0.25) is 35.4 Å². The molecule has 0 aromatic heterocycles. The monoisotopic (exact) mass is 958 g/mol. The van der Waals surface area contributed by atoms with Gasteiger partial charge in [-0.1, -0.05) is 132 Å². The number of rotatable bonds is 35. The number of nitrogens with one attached hydrogen (secondary N) is 5. The maximum absolute atomic E-state index is 13.7. The number of unbranched alkanes of at least 4 members (excludes halogenated alkanes) is 8. The highest BCUT2D eigenvalue weighted by Crippen LogP contribution is 2.19. The normalized spacial score (nSPS) is 14.3. The van der Waals surface area contributed by atoms with Crippen molar-refractivity contribution < 1.29 is 48.6 Å². The van der Waals surface area contributed by atoms with Crippen molar-refractivity contribution in [3.05, 3.63) is 83.9 Å². The molecule has 6 amide bonds. The number of aliphatic carboxylic acids is 1. The van der Waals surface area contributed by atoms with E-state index in [1.54, 1.807) is 24.3 Å². The lowest BCUT2D eigenvalue weighted by Gasteiger charge is -2.27. The van der Waals surface area contributed by atoms with Crippen LogP contribution >= 0.6 is 0 Å². The van der Waals surface area contributed by atoms with E-state index in [2.05, 4.69) is 26.6 Å². The zero-order valence-electron chi connectivity index (χ0n) is 40.5. The van der Waals surface area contributed by atoms with E-state index >= 15 is 0 Å². The summed E-state index contributed by atoms with van der Waals surface area (Å²) < 4.78 is 0. The van der Waals surface area contributed by atoms with Crippen LogP contribution in [0.2, 0.25) is 0 Å². The smallest absolute Gasteiger partial charge is 0.326 e. The third-order valence-corrected chi connectivity index (χ3v) is 12.0. The minimum absolute atomic E-state index is 0.0355. The van der Waals surface area contributed by atoms with Gasteiger partial charge in [0.05, 0.1) is 18.6 Å². The summed E-state index contributed by atoms with van der Waals surface area (Å²) in [5.74, 6) is -5.15. The Hall–Kier alpha value is -6.20. The minimum Gasteiger partial charge on any atom is -0.480 e. The fraction of sp³-hybridized carbons (Fsp3) is 0.538. The number of aldehydes is 1. The van der Waals surface area contributed by atoms with E-state index in [9.17, 15) is 48.6 Å². The zero-order valence-corrected chi connectivity index (χ0v) is 40.5. The molecular formula is C52H75N7O10. The van der Waals surface area contributed by atoms with Gasteiger partial charge in [-0.3, -0.25) is 28.8 Å². The third kappa shape index (κ3) is 22.2. The van der Waals surface area contributed by atoms with Gasteiger partial charge in [0, 0.05) is 31.7 Å². The number of carboxylic acids is 1. The van der Waals surface area contributed by atoms with Gasteiger partial charge in [-0.2, -0.15) is 0 Å². The maximum Gasteiger partial charge on any atom is 0.326 e. The summed E-state index contributed by atoms with van der Waals surface area (Å²) in [5, 5.41) is 36.4. The second-order valence-electron chi connectivity index (χ2n) is 18.5. The molecule has 69 heavy (non-hydrogen) atoms. The van der Waals surface area contributed by atoms with Crippen LogP contribution in [0.3, 0.4) is 0 Å². The van der Waals surface area contributed by atoms with Gasteiger partial charge >= 0.3 is 5.97 Å². The summed E-state index contributed by atoms with van der Waals surface area (Å²) in [7, 11) is 0. The van der Waals surface area contributed by atoms with E-state index in [0.29, 0.717) is 32.1 Å². The molecule has 0 radical (unpaired) electrons. The van der Waals surface area contributed by atoms with Crippen molar-refractivity contribution in [3.63, 3.8) is 0 Å². The number of hydrogen-bond acceptors (Lipinski definition) is 10. The molecule has 0 saturated heterocycles. The number of primary amides is 2. The molecule has 7 atom stereocenters. The maximum atomic E-state index is 13.7. The lowest BCUT2D eigenvalue weighted by atomic mass is 9.98. The molecule has 1 unspecified atom stereocenters. The molecule has 378 valence electrons. The Morgan fingerprint density at radius 2 is 1.17 bits per heavy atom. The second kappa shape index (κ2) is 31.0. The van der Waals surface area contributed by atoms with Gasteiger partial charge in [0.25, 0.3) is 0 Å². The van der Waals surface area contributed by atoms with Gasteiger partial charge in [0.1, 0.15) is 30.5 Å². The summed E-state index contributed by atoms with van der Waals surface area (Å²) >= 11 is 0. The molecule has 0 spiro atoms. The Bertz CT molecular complexity index is 2120. The Labute approximate surface area is 406 Å². The molecule has 3 rings (SSSR count). The molecule has 17 heteroatoms. The summed E-state index contributed by atoms with van der Waals surface area (Å²) in [6, 6.07) is 16.4. The quantitative estimate of drug-likeness (QED) is 0.0300. The van der Waals surface area contributed by atoms with Gasteiger partial charge in [-0.15, -0.1) is 0 Å². The lowest BCUT2D eigenvalue weighted by Crippen LogP contribution is -2.59. The van der Waals surface area contributed by atoms with Crippen LogP contribution < -0.4 is 38.1 Å². The van der Waals surface area contributed by atoms with E-state index in [4.69, 9.17) is 11.5 Å². The van der Waals surface area contributed by atoms with Crippen LogP contribution in [0.4, 0.5) is 0 Å². The van der Waals surface area contributed by atoms with Crippen molar-refractivity contribution in [2.45, 2.75) is 172 Å². The van der Waals surface area contributed by atoms with Crippen molar-refractivity contribution in [2.75, 3.05) is 0 Å². The molecule has 0 aliphatic heterocycles. The molecule has 11 N–H and O–H groups in total. The average molecular weight is 958 g/mol. The number of nitrogens with two attached hydrogens (primary N) is 2. The first-order valence-electron chi connectivity index (χ1n) is 24.4. The van der Waals surface area contributed by atoms with Gasteiger partial charge in [0.15, 0.2) is 0 Å². The molecule has 0 bridgehead atoms. The Balaban J connectivity index is 1.54. The fourth-order valence-electron chi connectivity index (χ4n) is 8.24. The average Bonchev–Trinajstić information content (AvgIpc) is 3.30. The van der Waals surface area contributed by atoms with Crippen molar-refractivity contribution in [1.29, 1.82) is 0 Å². The van der Waals surface area contributed by atoms with Gasteiger partial charge in [-0.05, 0) is 66.8 Å². The van der Waals surface area contributed by atoms with Crippen molar-refractivity contribution in [1.82, 2.24) is 26.6 Å². The van der Waals surface area contributed by atoms with Crippen LogP contribution in [-0.4, -0.2) is 100 Å². The van der Waals surface area contributed by atoms with Crippen LogP contribution in [0.15, 0.2) is 72.8 Å². The van der Waals surface area contributed by atoms with Crippen molar-refractivity contribution in [3.8, 4) is 0 Å². The van der Waals surface area contributed by atoms with E-state index in [-0.39, 0.29) is 44.1 Å². The van der Waals surface area contributed by atoms with E-state index in [1.165, 1.54) is 6.92 Å². The fourth-order valence-corrected chi connectivity index (χ4v) is 8.24. The first-order valence-corrected chi connectivity index (χ1v) is 24.4. The molecule has 0 heterocycles. The number of carbonyl (C=O) groups is 8. The highest BCUT2D eigenvalue weighted by molar-refractivity contribution is 5.94. The number of amides is 6. The Morgan fingerprint density at radius 3 is 1.78 bits per heavy atom. The SMILES string of the molecule is CC(C)C[C@H](NC(=O)[C@@H](NC(=O)CCCCCCCC(CCCCCCC=O)N[C@@H](CC(N)=O)C(=O)N[C@@H](Cc1ccc2ccccc2c1)C(=O)O)[C@H](C)O)C(=O)N[C@@H](Cc1ccccc1)C(N)=O. The van der Waals surface area contributed by atoms with Crippen LogP contribution in [-0.2, 0) is 51.2 Å². The van der Waals surface area contributed by atoms with Crippen LogP contribution in [0.25, 0.3) is 10.8 Å². The highest BCUT2D eigenvalue weighted by Gasteiger charge is 2.32. The number of hydrogen-bond donors (Lipinski definition) is 9. The molecule has 3 aromatic rings. The summed E-state index contributed by atoms with van der Waals surface area (Å²) in [6.07, 6.45) is 8.41. The molecular weight excluding hydrogens is 883 g/mol. The molecule has 0 saturated carbocycles.